The van der Waals surface area contributed by atoms with Gasteiger partial charge in [-0.25, -0.2) is 4.79 Å². The quantitative estimate of drug-likeness (QED) is 0.760. The molecule has 4 aliphatic carbocycles. The van der Waals surface area contributed by atoms with Crippen molar-refractivity contribution in [1.29, 1.82) is 0 Å². The maximum atomic E-state index is 12.8. The Bertz CT molecular complexity index is 968. The van der Waals surface area contributed by atoms with Gasteiger partial charge in [-0.2, -0.15) is 0 Å². The van der Waals surface area contributed by atoms with Gasteiger partial charge in [0.1, 0.15) is 5.52 Å². The van der Waals surface area contributed by atoms with Gasteiger partial charge in [-0.3, -0.25) is 9.88 Å². The van der Waals surface area contributed by atoms with E-state index in [1.165, 1.54) is 32.1 Å². The molecule has 1 heterocycles. The summed E-state index contributed by atoms with van der Waals surface area (Å²) >= 11 is 0. The van der Waals surface area contributed by atoms with Crippen LogP contribution < -0.4 is 10.1 Å². The van der Waals surface area contributed by atoms with Crippen molar-refractivity contribution in [1.82, 2.24) is 15.2 Å². The Morgan fingerprint density at radius 3 is 2.63 bits per heavy atom. The average molecular weight is 404 g/mol. The topological polar surface area (TPSA) is 54.5 Å². The van der Waals surface area contributed by atoms with Crippen molar-refractivity contribution in [2.75, 3.05) is 13.6 Å². The summed E-state index contributed by atoms with van der Waals surface area (Å²) in [5.41, 5.74) is 1.83. The third kappa shape index (κ3) is 3.65. The number of benzene rings is 1. The second-order valence-corrected chi connectivity index (χ2v) is 9.49. The minimum absolute atomic E-state index is 0.265. The standard InChI is InChI=1S/C25H29N3O2/c1-3-9-28(2)15-18-6-7-22(24-21(18)5-4-8-26-24)30-25(29)27-23-19-11-16-10-17(13-19)14-20(23)12-16/h1,4-8,16-17,19-20,23H,9-15H2,2H3,(H,27,29). The highest BCUT2D eigenvalue weighted by molar-refractivity contribution is 5.89. The minimum atomic E-state index is -0.350. The summed E-state index contributed by atoms with van der Waals surface area (Å²) in [5.74, 6) is 6.19. The lowest BCUT2D eigenvalue weighted by Crippen LogP contribution is -2.56. The van der Waals surface area contributed by atoms with Crippen LogP contribution in [-0.4, -0.2) is 35.6 Å². The van der Waals surface area contributed by atoms with Gasteiger partial charge in [-0.05, 0) is 80.5 Å². The minimum Gasteiger partial charge on any atom is -0.408 e. The maximum absolute atomic E-state index is 12.8. The Hall–Kier alpha value is -2.58. The fraction of sp³-hybridized carbons (Fsp3) is 0.520. The zero-order valence-electron chi connectivity index (χ0n) is 17.5. The van der Waals surface area contributed by atoms with E-state index in [9.17, 15) is 4.79 Å². The van der Waals surface area contributed by atoms with Crippen molar-refractivity contribution < 1.29 is 9.53 Å². The molecule has 1 aromatic carbocycles. The monoisotopic (exact) mass is 403 g/mol. The van der Waals surface area contributed by atoms with Crippen LogP contribution in [0.5, 0.6) is 5.75 Å². The van der Waals surface area contributed by atoms with Gasteiger partial charge >= 0.3 is 6.09 Å². The number of carbonyl (C=O) groups is 1. The van der Waals surface area contributed by atoms with Crippen LogP contribution in [0.1, 0.15) is 37.7 Å². The molecule has 4 saturated carbocycles. The summed E-state index contributed by atoms with van der Waals surface area (Å²) in [4.78, 5) is 19.4. The van der Waals surface area contributed by atoms with Gasteiger partial charge in [0.2, 0.25) is 0 Å². The average Bonchev–Trinajstić information content (AvgIpc) is 2.72. The summed E-state index contributed by atoms with van der Waals surface area (Å²) < 4.78 is 5.78. The van der Waals surface area contributed by atoms with Gasteiger partial charge in [0.15, 0.2) is 5.75 Å². The predicted molar refractivity (Wildman–Crippen MR) is 117 cm³/mol. The summed E-state index contributed by atoms with van der Waals surface area (Å²) in [5, 5.41) is 4.21. The molecule has 4 bridgehead atoms. The number of nitrogens with zero attached hydrogens (tertiary/aromatic N) is 2. The number of rotatable bonds is 5. The van der Waals surface area contributed by atoms with Crippen molar-refractivity contribution in [3.05, 3.63) is 36.0 Å². The number of amides is 1. The number of pyridine rings is 1. The van der Waals surface area contributed by atoms with E-state index in [0.29, 0.717) is 36.2 Å². The summed E-state index contributed by atoms with van der Waals surface area (Å²) in [7, 11) is 1.99. The lowest BCUT2D eigenvalue weighted by Gasteiger charge is -2.54. The van der Waals surface area contributed by atoms with Crippen LogP contribution in [0.15, 0.2) is 30.5 Å². The van der Waals surface area contributed by atoms with Gasteiger partial charge < -0.3 is 10.1 Å². The molecule has 5 nitrogen and oxygen atoms in total. The number of hydrogen-bond donors (Lipinski definition) is 1. The number of hydrogen-bond acceptors (Lipinski definition) is 4. The first-order chi connectivity index (χ1) is 14.6. The molecule has 1 amide bonds. The molecular weight excluding hydrogens is 374 g/mol. The van der Waals surface area contributed by atoms with Gasteiger partial charge in [0, 0.05) is 24.2 Å². The molecule has 0 aliphatic heterocycles. The molecule has 30 heavy (non-hydrogen) atoms. The van der Waals surface area contributed by atoms with Crippen LogP contribution in [0.3, 0.4) is 0 Å². The van der Waals surface area contributed by atoms with E-state index in [2.05, 4.69) is 21.1 Å². The van der Waals surface area contributed by atoms with E-state index < -0.39 is 0 Å². The second-order valence-electron chi connectivity index (χ2n) is 9.49. The molecule has 4 aliphatic rings. The zero-order chi connectivity index (χ0) is 20.7. The smallest absolute Gasteiger partial charge is 0.408 e. The lowest BCUT2D eigenvalue weighted by atomic mass is 9.54. The number of terminal acetylenes is 1. The van der Waals surface area contributed by atoms with E-state index in [1.807, 2.05) is 31.3 Å². The molecule has 1 N–H and O–H groups in total. The zero-order valence-corrected chi connectivity index (χ0v) is 17.5. The van der Waals surface area contributed by atoms with Crippen LogP contribution in [0.25, 0.3) is 10.9 Å². The summed E-state index contributed by atoms with van der Waals surface area (Å²) in [6, 6.07) is 8.05. The Morgan fingerprint density at radius 1 is 1.20 bits per heavy atom. The van der Waals surface area contributed by atoms with Crippen LogP contribution >= 0.6 is 0 Å². The third-order valence-electron chi connectivity index (χ3n) is 7.34. The van der Waals surface area contributed by atoms with Gasteiger partial charge in [0.25, 0.3) is 0 Å². The molecule has 1 aromatic heterocycles. The first kappa shape index (κ1) is 19.4. The van der Waals surface area contributed by atoms with Crippen molar-refractivity contribution >= 4 is 17.0 Å². The first-order valence-corrected chi connectivity index (χ1v) is 11.1. The van der Waals surface area contributed by atoms with Crippen LogP contribution in [-0.2, 0) is 6.54 Å². The summed E-state index contributed by atoms with van der Waals surface area (Å²) in [6.07, 6.45) is 13.3. The SMILES string of the molecule is C#CCN(C)Cc1ccc(OC(=O)NC2C3CC4CC(C3)CC2C4)c2ncccc12. The fourth-order valence-electron chi connectivity index (χ4n) is 6.35. The van der Waals surface area contributed by atoms with Gasteiger partial charge in [0.05, 0.1) is 6.54 Å². The molecule has 0 atom stereocenters. The molecular formula is C25H29N3O2. The summed E-state index contributed by atoms with van der Waals surface area (Å²) in [6.45, 7) is 1.29. The lowest BCUT2D eigenvalue weighted by molar-refractivity contribution is -0.0113. The molecule has 0 spiro atoms. The number of carbonyl (C=O) groups excluding carboxylic acids is 1. The Labute approximate surface area is 178 Å². The normalized spacial score (nSPS) is 29.2. The molecule has 0 saturated heterocycles. The highest BCUT2D eigenvalue weighted by Crippen LogP contribution is 2.53. The highest BCUT2D eigenvalue weighted by Gasteiger charge is 2.48. The largest absolute Gasteiger partial charge is 0.412 e. The molecule has 5 heteroatoms. The van der Waals surface area contributed by atoms with Crippen molar-refractivity contribution in [3.63, 3.8) is 0 Å². The van der Waals surface area contributed by atoms with Crippen molar-refractivity contribution in [2.45, 2.75) is 44.7 Å². The number of ether oxygens (including phenoxy) is 1. The highest BCUT2D eigenvalue weighted by atomic mass is 16.6. The predicted octanol–water partition coefficient (Wildman–Crippen LogP) is 4.21. The first-order valence-electron chi connectivity index (χ1n) is 11.1. The van der Waals surface area contributed by atoms with E-state index in [4.69, 9.17) is 11.2 Å². The second kappa shape index (κ2) is 7.92. The fourth-order valence-corrected chi connectivity index (χ4v) is 6.35. The number of nitrogens with one attached hydrogen (secondary N) is 1. The van der Waals surface area contributed by atoms with E-state index in [0.717, 1.165) is 22.8 Å². The van der Waals surface area contributed by atoms with Crippen molar-refractivity contribution in [2.24, 2.45) is 23.7 Å². The molecule has 4 fully saturated rings. The van der Waals surface area contributed by atoms with Crippen molar-refractivity contribution in [3.8, 4) is 18.1 Å². The Morgan fingerprint density at radius 2 is 1.93 bits per heavy atom. The Kier molecular flexibility index (Phi) is 5.12. The Balaban J connectivity index is 1.32. The number of aromatic nitrogens is 1. The molecule has 6 rings (SSSR count). The van der Waals surface area contributed by atoms with Gasteiger partial charge in [-0.15, -0.1) is 6.42 Å². The number of fused-ring (bicyclic) bond motifs is 1. The molecule has 2 aromatic rings. The molecule has 0 radical (unpaired) electrons. The van der Waals surface area contributed by atoms with E-state index in [1.54, 1.807) is 6.20 Å². The van der Waals surface area contributed by atoms with E-state index in [-0.39, 0.29) is 12.1 Å². The van der Waals surface area contributed by atoms with Crippen LogP contribution in [0.2, 0.25) is 0 Å². The third-order valence-corrected chi connectivity index (χ3v) is 7.34. The molecule has 0 unspecified atom stereocenters. The maximum Gasteiger partial charge on any atom is 0.412 e. The van der Waals surface area contributed by atoms with Crippen LogP contribution in [0.4, 0.5) is 4.79 Å². The van der Waals surface area contributed by atoms with Gasteiger partial charge in [-0.1, -0.05) is 18.1 Å². The van der Waals surface area contributed by atoms with Crippen LogP contribution in [0, 0.1) is 36.0 Å². The van der Waals surface area contributed by atoms with E-state index >= 15 is 0 Å². The molecule has 156 valence electrons.